The van der Waals surface area contributed by atoms with Crippen molar-refractivity contribution in [2.45, 2.75) is 12.4 Å². The van der Waals surface area contributed by atoms with Crippen LogP contribution in [0, 0.1) is 5.21 Å². The Morgan fingerprint density at radius 1 is 0.800 bits per heavy atom. The first-order valence-corrected chi connectivity index (χ1v) is 7.95. The Balaban J connectivity index is 1.91. The lowest BCUT2D eigenvalue weighted by Gasteiger charge is -2.17. The largest absolute Gasteiger partial charge is 0.800 e. The van der Waals surface area contributed by atoms with Crippen molar-refractivity contribution in [3.63, 3.8) is 0 Å². The fourth-order valence-corrected chi connectivity index (χ4v) is 2.27. The van der Waals surface area contributed by atoms with E-state index in [1.54, 1.807) is 0 Å². The summed E-state index contributed by atoms with van der Waals surface area (Å²) in [5.74, 6) is -2.12. The molecule has 158 valence electrons. The minimum Gasteiger partial charge on any atom is -0.800 e. The van der Waals surface area contributed by atoms with Crippen LogP contribution >= 0.6 is 0 Å². The molecule has 1 aromatic heterocycles. The third-order valence-corrected chi connectivity index (χ3v) is 3.59. The van der Waals surface area contributed by atoms with Gasteiger partial charge in [0.15, 0.2) is 0 Å². The van der Waals surface area contributed by atoms with E-state index in [1.165, 1.54) is 0 Å². The molecule has 0 N–H and O–H groups in total. The number of hydrogen-bond acceptors (Lipinski definition) is 5. The average Bonchev–Trinajstić information content (AvgIpc) is 2.65. The highest BCUT2D eigenvalue weighted by atomic mass is 19.4. The van der Waals surface area contributed by atoms with E-state index in [0.29, 0.717) is 12.1 Å². The van der Waals surface area contributed by atoms with Crippen LogP contribution in [0.5, 0.6) is 23.3 Å². The maximum Gasteiger partial charge on any atom is 0.416 e. The van der Waals surface area contributed by atoms with Crippen molar-refractivity contribution in [1.29, 1.82) is 0 Å². The molecule has 3 rings (SSSR count). The second kappa shape index (κ2) is 7.61. The van der Waals surface area contributed by atoms with Crippen molar-refractivity contribution in [3.05, 3.63) is 81.4 Å². The van der Waals surface area contributed by atoms with E-state index in [0.717, 1.165) is 42.5 Å². The normalized spacial score (nSPS) is 11.9. The monoisotopic (exact) mass is 431 g/mol. The molecule has 0 saturated carbocycles. The first-order valence-electron chi connectivity index (χ1n) is 7.95. The van der Waals surface area contributed by atoms with Crippen molar-refractivity contribution < 1.29 is 35.8 Å². The van der Waals surface area contributed by atoms with E-state index in [1.807, 2.05) is 0 Å². The van der Waals surface area contributed by atoms with Gasteiger partial charge in [0, 0.05) is 0 Å². The van der Waals surface area contributed by atoms with Gasteiger partial charge in [-0.3, -0.25) is 4.73 Å². The van der Waals surface area contributed by atoms with Crippen LogP contribution in [0.2, 0.25) is 0 Å². The molecule has 0 atom stereocenters. The lowest BCUT2D eigenvalue weighted by atomic mass is 10.2. The lowest BCUT2D eigenvalue weighted by molar-refractivity contribution is -0.138. The van der Waals surface area contributed by atoms with Gasteiger partial charge in [0.25, 0.3) is 0 Å². The van der Waals surface area contributed by atoms with Gasteiger partial charge in [-0.15, -0.1) is 0 Å². The smallest absolute Gasteiger partial charge is 0.416 e. The molecule has 0 aliphatic carbocycles. The summed E-state index contributed by atoms with van der Waals surface area (Å²) in [6.07, 6.45) is -9.32. The molecule has 3 aromatic rings. The lowest BCUT2D eigenvalue weighted by Crippen LogP contribution is -2.20. The molecule has 0 amide bonds. The SMILES string of the molecule is O=c1nc(Oc2cccc(C(F)(F)F)c2)cc(Oc2cccc(C(F)(F)F)c2)n1[O-]. The van der Waals surface area contributed by atoms with E-state index in [2.05, 4.69) is 4.98 Å². The first-order chi connectivity index (χ1) is 13.9. The summed E-state index contributed by atoms with van der Waals surface area (Å²) in [7, 11) is 0. The molecule has 0 spiro atoms. The molecule has 2 aromatic carbocycles. The van der Waals surface area contributed by atoms with Gasteiger partial charge in [0.2, 0.25) is 11.8 Å². The van der Waals surface area contributed by atoms with Crippen molar-refractivity contribution in [3.8, 4) is 23.3 Å². The predicted octanol–water partition coefficient (Wildman–Crippen LogP) is 5.21. The third-order valence-electron chi connectivity index (χ3n) is 3.59. The summed E-state index contributed by atoms with van der Waals surface area (Å²) in [6.45, 7) is 0. The molecule has 0 bridgehead atoms. The van der Waals surface area contributed by atoms with Crippen LogP contribution in [-0.2, 0) is 12.4 Å². The zero-order valence-electron chi connectivity index (χ0n) is 14.5. The van der Waals surface area contributed by atoms with Crippen LogP contribution in [0.3, 0.4) is 0 Å². The van der Waals surface area contributed by atoms with Gasteiger partial charge in [-0.2, -0.15) is 31.3 Å². The van der Waals surface area contributed by atoms with E-state index in [9.17, 15) is 36.3 Å². The fraction of sp³-hybridized carbons (Fsp3) is 0.111. The number of ether oxygens (including phenoxy) is 2. The number of nitrogens with zero attached hydrogens (tertiary/aromatic N) is 2. The van der Waals surface area contributed by atoms with Gasteiger partial charge in [-0.05, 0) is 36.4 Å². The van der Waals surface area contributed by atoms with E-state index in [-0.39, 0.29) is 10.5 Å². The van der Waals surface area contributed by atoms with Gasteiger partial charge in [0.05, 0.1) is 17.2 Å². The van der Waals surface area contributed by atoms with Crippen LogP contribution in [0.4, 0.5) is 26.3 Å². The molecule has 6 nitrogen and oxygen atoms in total. The zero-order valence-corrected chi connectivity index (χ0v) is 14.5. The molecule has 0 unspecified atom stereocenters. The molecule has 0 aliphatic heterocycles. The summed E-state index contributed by atoms with van der Waals surface area (Å²) in [5, 5.41) is 11.8. The molecule has 30 heavy (non-hydrogen) atoms. The highest BCUT2D eigenvalue weighted by molar-refractivity contribution is 5.36. The van der Waals surface area contributed by atoms with Gasteiger partial charge in [0.1, 0.15) is 11.5 Å². The van der Waals surface area contributed by atoms with Crippen molar-refractivity contribution in [2.24, 2.45) is 0 Å². The Hall–Kier alpha value is -3.70. The van der Waals surface area contributed by atoms with Crippen molar-refractivity contribution >= 4 is 0 Å². The highest BCUT2D eigenvalue weighted by Crippen LogP contribution is 2.34. The Morgan fingerprint density at radius 3 is 1.80 bits per heavy atom. The fourth-order valence-electron chi connectivity index (χ4n) is 2.27. The maximum atomic E-state index is 12.8. The summed E-state index contributed by atoms with van der Waals surface area (Å²) in [6, 6.07) is 7.87. The molecule has 0 aliphatic rings. The second-order valence-electron chi connectivity index (χ2n) is 5.76. The predicted molar refractivity (Wildman–Crippen MR) is 90.3 cm³/mol. The van der Waals surface area contributed by atoms with Crippen molar-refractivity contribution in [2.75, 3.05) is 0 Å². The first kappa shape index (κ1) is 21.0. The maximum absolute atomic E-state index is 12.8. The Morgan fingerprint density at radius 2 is 1.30 bits per heavy atom. The Kier molecular flexibility index (Phi) is 5.33. The van der Waals surface area contributed by atoms with Crippen LogP contribution in [0.25, 0.3) is 0 Å². The molecule has 1 heterocycles. The topological polar surface area (TPSA) is 76.4 Å². The summed E-state index contributed by atoms with van der Waals surface area (Å²) >= 11 is 0. The molecular formula is C18H9F6N2O4-. The summed E-state index contributed by atoms with van der Waals surface area (Å²) < 4.78 is 86.5. The number of halogens is 6. The van der Waals surface area contributed by atoms with E-state index >= 15 is 0 Å². The number of alkyl halides is 6. The second-order valence-corrected chi connectivity index (χ2v) is 5.76. The zero-order chi connectivity index (χ0) is 22.1. The summed E-state index contributed by atoms with van der Waals surface area (Å²) in [5.41, 5.74) is -3.53. The number of rotatable bonds is 4. The minimum atomic E-state index is -4.67. The van der Waals surface area contributed by atoms with E-state index < -0.39 is 46.7 Å². The Bertz CT molecular complexity index is 1120. The van der Waals surface area contributed by atoms with Crippen molar-refractivity contribution in [1.82, 2.24) is 9.71 Å². The van der Waals surface area contributed by atoms with Gasteiger partial charge in [-0.25, -0.2) is 4.79 Å². The van der Waals surface area contributed by atoms with Gasteiger partial charge >= 0.3 is 18.0 Å². The van der Waals surface area contributed by atoms with Crippen LogP contribution in [-0.4, -0.2) is 9.71 Å². The third kappa shape index (κ3) is 4.82. The molecular weight excluding hydrogens is 422 g/mol. The number of aromatic nitrogens is 2. The van der Waals surface area contributed by atoms with Crippen LogP contribution in [0.1, 0.15) is 11.1 Å². The number of hydrogen-bond donors (Lipinski definition) is 0. The van der Waals surface area contributed by atoms with Gasteiger partial charge < -0.3 is 14.7 Å². The van der Waals surface area contributed by atoms with Crippen LogP contribution in [0.15, 0.2) is 59.4 Å². The Labute approximate surface area is 163 Å². The van der Waals surface area contributed by atoms with Gasteiger partial charge in [-0.1, -0.05) is 12.1 Å². The van der Waals surface area contributed by atoms with Crippen LogP contribution < -0.4 is 15.2 Å². The quantitative estimate of drug-likeness (QED) is 0.530. The molecule has 12 heteroatoms. The highest BCUT2D eigenvalue weighted by Gasteiger charge is 2.31. The summed E-state index contributed by atoms with van der Waals surface area (Å²) in [4.78, 5) is 15.0. The van der Waals surface area contributed by atoms with E-state index in [4.69, 9.17) is 9.47 Å². The number of benzene rings is 2. The average molecular weight is 431 g/mol. The molecule has 0 saturated heterocycles. The molecule has 0 fully saturated rings. The standard InChI is InChI=1S/C18H9F6N2O4/c19-17(20,21)10-3-1-5-12(7-10)29-14-9-15(26(28)16(27)25-14)30-13-6-2-4-11(8-13)18(22,23)24/h1-9H/q-1. The minimum absolute atomic E-state index is 0.342. The molecule has 0 radical (unpaired) electrons.